The average Bonchev–Trinajstić information content (AvgIpc) is 2.67. The third-order valence-electron chi connectivity index (χ3n) is 4.56. The second-order valence-electron chi connectivity index (χ2n) is 6.90. The number of ether oxygens (including phenoxy) is 1. The summed E-state index contributed by atoms with van der Waals surface area (Å²) in [5.41, 5.74) is 2.61. The lowest BCUT2D eigenvalue weighted by Crippen LogP contribution is -2.36. The molecule has 28 heavy (non-hydrogen) atoms. The van der Waals surface area contributed by atoms with Crippen molar-refractivity contribution in [1.29, 1.82) is 0 Å². The van der Waals surface area contributed by atoms with Gasteiger partial charge in [0, 0.05) is 17.4 Å². The summed E-state index contributed by atoms with van der Waals surface area (Å²) in [6.07, 6.45) is 0.997. The van der Waals surface area contributed by atoms with Gasteiger partial charge in [-0.25, -0.2) is 0 Å². The summed E-state index contributed by atoms with van der Waals surface area (Å²) < 4.78 is 5.15. The van der Waals surface area contributed by atoms with E-state index in [0.717, 1.165) is 17.7 Å². The van der Waals surface area contributed by atoms with Gasteiger partial charge in [0.05, 0.1) is 20.2 Å². The highest BCUT2D eigenvalue weighted by atomic mass is 16.5. The molecule has 0 aliphatic rings. The smallest absolute Gasteiger partial charge is 0.238 e. The van der Waals surface area contributed by atoms with Crippen molar-refractivity contribution in [3.8, 4) is 5.75 Å². The number of nitrogens with zero attached hydrogens (tertiary/aromatic N) is 1. The summed E-state index contributed by atoms with van der Waals surface area (Å²) in [5.74, 6) is 0.698. The van der Waals surface area contributed by atoms with Gasteiger partial charge in [-0.2, -0.15) is 0 Å². The van der Waals surface area contributed by atoms with Crippen molar-refractivity contribution in [3.05, 3.63) is 54.1 Å². The normalized spacial score (nSPS) is 11.8. The number of amides is 2. The fraction of sp³-hybridized carbons (Fsp3) is 0.364. The van der Waals surface area contributed by atoms with Crippen LogP contribution in [-0.4, -0.2) is 44.0 Å². The Morgan fingerprint density at radius 3 is 2.39 bits per heavy atom. The Balaban J connectivity index is 1.88. The molecule has 0 fully saturated rings. The van der Waals surface area contributed by atoms with Crippen LogP contribution in [0.3, 0.4) is 0 Å². The van der Waals surface area contributed by atoms with E-state index in [2.05, 4.69) is 24.5 Å². The van der Waals surface area contributed by atoms with Crippen LogP contribution in [-0.2, 0) is 9.59 Å². The van der Waals surface area contributed by atoms with Gasteiger partial charge in [-0.3, -0.25) is 14.5 Å². The van der Waals surface area contributed by atoms with E-state index in [9.17, 15) is 9.59 Å². The fourth-order valence-electron chi connectivity index (χ4n) is 2.90. The summed E-state index contributed by atoms with van der Waals surface area (Å²) >= 11 is 0. The van der Waals surface area contributed by atoms with Crippen molar-refractivity contribution in [2.75, 3.05) is 37.9 Å². The lowest BCUT2D eigenvalue weighted by Gasteiger charge is -2.18. The molecule has 1 atom stereocenters. The maximum atomic E-state index is 12.4. The summed E-state index contributed by atoms with van der Waals surface area (Å²) in [6, 6.07) is 15.0. The van der Waals surface area contributed by atoms with E-state index < -0.39 is 0 Å². The van der Waals surface area contributed by atoms with E-state index in [1.54, 1.807) is 37.3 Å². The summed E-state index contributed by atoms with van der Waals surface area (Å²) in [6.45, 7) is 4.50. The summed E-state index contributed by atoms with van der Waals surface area (Å²) in [7, 11) is 3.32. The van der Waals surface area contributed by atoms with Crippen LogP contribution < -0.4 is 15.4 Å². The number of hydrogen-bond acceptors (Lipinski definition) is 4. The molecule has 150 valence electrons. The highest BCUT2D eigenvalue weighted by molar-refractivity contribution is 5.95. The minimum Gasteiger partial charge on any atom is -0.497 e. The largest absolute Gasteiger partial charge is 0.497 e. The first kappa shape index (κ1) is 21.4. The highest BCUT2D eigenvalue weighted by Gasteiger charge is 2.14. The van der Waals surface area contributed by atoms with E-state index in [-0.39, 0.29) is 24.9 Å². The van der Waals surface area contributed by atoms with Crippen LogP contribution in [0.1, 0.15) is 31.7 Å². The summed E-state index contributed by atoms with van der Waals surface area (Å²) in [4.78, 5) is 26.3. The number of anilines is 2. The molecule has 0 radical (unpaired) electrons. The van der Waals surface area contributed by atoms with Crippen LogP contribution in [0, 0.1) is 0 Å². The van der Waals surface area contributed by atoms with Gasteiger partial charge in [0.1, 0.15) is 5.75 Å². The molecule has 0 saturated heterocycles. The molecule has 2 aromatic rings. The molecule has 0 aromatic heterocycles. The minimum atomic E-state index is -0.191. The van der Waals surface area contributed by atoms with E-state index in [1.807, 2.05) is 30.3 Å². The number of rotatable bonds is 9. The summed E-state index contributed by atoms with van der Waals surface area (Å²) in [5, 5.41) is 5.78. The lowest BCUT2D eigenvalue weighted by atomic mass is 9.97. The van der Waals surface area contributed by atoms with Gasteiger partial charge in [-0.15, -0.1) is 0 Å². The van der Waals surface area contributed by atoms with Crippen LogP contribution >= 0.6 is 0 Å². The molecular weight excluding hydrogens is 354 g/mol. The van der Waals surface area contributed by atoms with Gasteiger partial charge in [0.25, 0.3) is 0 Å². The number of carbonyl (C=O) groups excluding carboxylic acids is 2. The zero-order valence-corrected chi connectivity index (χ0v) is 17.0. The topological polar surface area (TPSA) is 70.7 Å². The second-order valence-corrected chi connectivity index (χ2v) is 6.90. The highest BCUT2D eigenvalue weighted by Crippen LogP contribution is 2.26. The third-order valence-corrected chi connectivity index (χ3v) is 4.56. The molecule has 2 aromatic carbocycles. The SMILES string of the molecule is CC[C@@H](C)c1ccccc1NC(=O)CN(C)CC(=O)Nc1cccc(OC)c1. The average molecular weight is 383 g/mol. The Kier molecular flexibility index (Phi) is 8.02. The quantitative estimate of drug-likeness (QED) is 0.692. The van der Waals surface area contributed by atoms with E-state index in [4.69, 9.17) is 4.74 Å². The molecule has 0 spiro atoms. The van der Waals surface area contributed by atoms with E-state index >= 15 is 0 Å². The first-order valence-corrected chi connectivity index (χ1v) is 9.44. The maximum Gasteiger partial charge on any atom is 0.238 e. The third kappa shape index (κ3) is 6.39. The predicted octanol–water partition coefficient (Wildman–Crippen LogP) is 3.72. The van der Waals surface area contributed by atoms with Crippen LogP contribution in [0.25, 0.3) is 0 Å². The standard InChI is InChI=1S/C22H29N3O3/c1-5-16(2)19-11-6-7-12-20(19)24-22(27)15-25(3)14-21(26)23-17-9-8-10-18(13-17)28-4/h6-13,16H,5,14-15H2,1-4H3,(H,23,26)(H,24,27)/t16-/m1/s1. The van der Waals surface area contributed by atoms with Gasteiger partial charge in [0.15, 0.2) is 0 Å². The number of para-hydroxylation sites is 1. The van der Waals surface area contributed by atoms with Crippen molar-refractivity contribution >= 4 is 23.2 Å². The zero-order chi connectivity index (χ0) is 20.5. The molecule has 0 heterocycles. The van der Waals surface area contributed by atoms with Gasteiger partial charge < -0.3 is 15.4 Å². The molecule has 0 aliphatic carbocycles. The van der Waals surface area contributed by atoms with Gasteiger partial charge in [0.2, 0.25) is 11.8 Å². The van der Waals surface area contributed by atoms with Gasteiger partial charge >= 0.3 is 0 Å². The lowest BCUT2D eigenvalue weighted by molar-refractivity contribution is -0.119. The number of benzene rings is 2. The van der Waals surface area contributed by atoms with Crippen molar-refractivity contribution in [2.24, 2.45) is 0 Å². The molecule has 0 saturated carbocycles. The van der Waals surface area contributed by atoms with Crippen molar-refractivity contribution in [2.45, 2.75) is 26.2 Å². The molecule has 6 heteroatoms. The van der Waals surface area contributed by atoms with Crippen LogP contribution in [0.2, 0.25) is 0 Å². The molecule has 6 nitrogen and oxygen atoms in total. The minimum absolute atomic E-state index is 0.109. The molecule has 0 aliphatic heterocycles. The van der Waals surface area contributed by atoms with Crippen molar-refractivity contribution in [3.63, 3.8) is 0 Å². The van der Waals surface area contributed by atoms with E-state index in [1.165, 1.54) is 0 Å². The maximum absolute atomic E-state index is 12.4. The van der Waals surface area contributed by atoms with Crippen molar-refractivity contribution in [1.82, 2.24) is 4.90 Å². The number of hydrogen-bond donors (Lipinski definition) is 2. The molecule has 0 unspecified atom stereocenters. The zero-order valence-electron chi connectivity index (χ0n) is 17.0. The van der Waals surface area contributed by atoms with Crippen LogP contribution in [0.5, 0.6) is 5.75 Å². The van der Waals surface area contributed by atoms with Crippen LogP contribution in [0.4, 0.5) is 11.4 Å². The second kappa shape index (κ2) is 10.5. The molecule has 2 amide bonds. The number of carbonyl (C=O) groups is 2. The molecule has 2 rings (SSSR count). The molecule has 0 bridgehead atoms. The Bertz CT molecular complexity index is 807. The molecular formula is C22H29N3O3. The van der Waals surface area contributed by atoms with Gasteiger partial charge in [-0.1, -0.05) is 38.1 Å². The fourth-order valence-corrected chi connectivity index (χ4v) is 2.90. The Labute approximate surface area is 166 Å². The van der Waals surface area contributed by atoms with E-state index in [0.29, 0.717) is 17.4 Å². The predicted molar refractivity (Wildman–Crippen MR) is 113 cm³/mol. The number of likely N-dealkylation sites (N-methyl/N-ethyl adjacent to an activating group) is 1. The first-order valence-electron chi connectivity index (χ1n) is 9.44. The van der Waals surface area contributed by atoms with Gasteiger partial charge in [-0.05, 0) is 43.1 Å². The monoisotopic (exact) mass is 383 g/mol. The Hall–Kier alpha value is -2.86. The molecule has 2 N–H and O–H groups in total. The number of nitrogens with one attached hydrogen (secondary N) is 2. The Morgan fingerprint density at radius 2 is 1.71 bits per heavy atom. The first-order chi connectivity index (χ1) is 13.4. The van der Waals surface area contributed by atoms with Crippen LogP contribution in [0.15, 0.2) is 48.5 Å². The van der Waals surface area contributed by atoms with Crippen molar-refractivity contribution < 1.29 is 14.3 Å². The number of methoxy groups -OCH3 is 1. The Morgan fingerprint density at radius 1 is 1.04 bits per heavy atom.